The molecule has 2 atom stereocenters. The molecule has 0 bridgehead atoms. The van der Waals surface area contributed by atoms with Crippen LogP contribution in [0.15, 0.2) is 54.6 Å². The summed E-state index contributed by atoms with van der Waals surface area (Å²) in [6.45, 7) is 6.99. The fourth-order valence-electron chi connectivity index (χ4n) is 5.26. The monoisotopic (exact) mass is 524 g/mol. The second kappa shape index (κ2) is 18.0. The Hall–Kier alpha value is -2.33. The van der Waals surface area contributed by atoms with Crippen LogP contribution in [0.1, 0.15) is 109 Å². The number of hydrogen-bond acceptors (Lipinski definition) is 3. The van der Waals surface area contributed by atoms with Crippen molar-refractivity contribution in [3.63, 3.8) is 0 Å². The van der Waals surface area contributed by atoms with Crippen LogP contribution in [0, 0.1) is 0 Å². The Bertz CT molecular complexity index is 896. The minimum atomic E-state index is -0.632. The van der Waals surface area contributed by atoms with Crippen molar-refractivity contribution in [2.24, 2.45) is 0 Å². The van der Waals surface area contributed by atoms with Crippen LogP contribution < -0.4 is 4.74 Å². The summed E-state index contributed by atoms with van der Waals surface area (Å²) in [5, 5.41) is 0. The zero-order valence-corrected chi connectivity index (χ0v) is 24.9. The number of aryl methyl sites for hydroxylation is 1. The van der Waals surface area contributed by atoms with E-state index in [9.17, 15) is 4.79 Å². The molecule has 2 rings (SSSR count). The molecule has 0 spiro atoms. The van der Waals surface area contributed by atoms with Gasteiger partial charge in [0.2, 0.25) is 6.29 Å². The molecule has 0 saturated carbocycles. The number of likely N-dealkylation sites (N-methyl/N-ethyl adjacent to an activating group) is 1. The number of benzene rings is 2. The maximum absolute atomic E-state index is 13.3. The molecule has 4 nitrogen and oxygen atoms in total. The lowest BCUT2D eigenvalue weighted by atomic mass is 10.0. The van der Waals surface area contributed by atoms with Crippen molar-refractivity contribution < 1.29 is 18.8 Å². The summed E-state index contributed by atoms with van der Waals surface area (Å²) in [4.78, 5) is 13.3. The predicted octanol–water partition coefficient (Wildman–Crippen LogP) is 8.86. The minimum absolute atomic E-state index is 0.188. The predicted molar refractivity (Wildman–Crippen MR) is 159 cm³/mol. The van der Waals surface area contributed by atoms with Crippen molar-refractivity contribution in [2.75, 3.05) is 14.1 Å². The number of carbonyl (C=O) groups excluding carboxylic acids is 1. The van der Waals surface area contributed by atoms with Gasteiger partial charge >= 0.3 is 5.97 Å². The summed E-state index contributed by atoms with van der Waals surface area (Å²) in [6.07, 6.45) is 15.4. The number of carbonyl (C=O) groups is 1. The van der Waals surface area contributed by atoms with E-state index in [0.717, 1.165) is 38.0 Å². The van der Waals surface area contributed by atoms with Crippen molar-refractivity contribution in [2.45, 2.75) is 123 Å². The molecule has 0 heterocycles. The third-order valence-corrected chi connectivity index (χ3v) is 7.46. The van der Waals surface area contributed by atoms with Crippen molar-refractivity contribution in [3.8, 4) is 5.75 Å². The Morgan fingerprint density at radius 3 is 1.97 bits per heavy atom. The summed E-state index contributed by atoms with van der Waals surface area (Å²) in [7, 11) is 4.23. The fraction of sp³-hybridized carbons (Fsp3) is 0.618. The number of quaternary nitrogens is 1. The zero-order valence-electron chi connectivity index (χ0n) is 24.9. The van der Waals surface area contributed by atoms with Crippen LogP contribution in [0.2, 0.25) is 0 Å². The highest BCUT2D eigenvalue weighted by Crippen LogP contribution is 2.24. The van der Waals surface area contributed by atoms with Gasteiger partial charge in [0, 0.05) is 18.9 Å². The van der Waals surface area contributed by atoms with Crippen molar-refractivity contribution in [3.05, 3.63) is 65.7 Å². The van der Waals surface area contributed by atoms with E-state index in [1.54, 1.807) is 0 Å². The number of hydrogen-bond donors (Lipinski definition) is 0. The Morgan fingerprint density at radius 2 is 1.34 bits per heavy atom. The molecule has 0 fully saturated rings. The molecule has 212 valence electrons. The van der Waals surface area contributed by atoms with Crippen LogP contribution in [-0.2, 0) is 22.5 Å². The van der Waals surface area contributed by atoms with Crippen molar-refractivity contribution in [1.29, 1.82) is 0 Å². The van der Waals surface area contributed by atoms with Gasteiger partial charge in [-0.15, -0.1) is 0 Å². The number of nitrogens with zero attached hydrogens (tertiary/aromatic N) is 1. The fourth-order valence-corrected chi connectivity index (χ4v) is 5.26. The lowest BCUT2D eigenvalue weighted by molar-refractivity contribution is -0.920. The topological polar surface area (TPSA) is 35.5 Å². The van der Waals surface area contributed by atoms with E-state index in [1.807, 2.05) is 37.3 Å². The lowest BCUT2D eigenvalue weighted by Crippen LogP contribution is -2.53. The summed E-state index contributed by atoms with van der Waals surface area (Å²) in [5.74, 6) is 0.640. The van der Waals surface area contributed by atoms with E-state index in [1.165, 1.54) is 68.9 Å². The van der Waals surface area contributed by atoms with E-state index >= 15 is 0 Å². The van der Waals surface area contributed by atoms with Crippen LogP contribution in [0.5, 0.6) is 5.75 Å². The van der Waals surface area contributed by atoms with Crippen molar-refractivity contribution in [1.82, 2.24) is 0 Å². The van der Waals surface area contributed by atoms with Gasteiger partial charge in [0.05, 0.1) is 14.1 Å². The molecule has 38 heavy (non-hydrogen) atoms. The molecule has 0 aromatic heterocycles. The molecule has 4 heteroatoms. The van der Waals surface area contributed by atoms with Gasteiger partial charge in [-0.3, -0.25) is 0 Å². The highest BCUT2D eigenvalue weighted by molar-refractivity contribution is 5.74. The molecular weight excluding hydrogens is 470 g/mol. The smallest absolute Gasteiger partial charge is 0.368 e. The first-order valence-electron chi connectivity index (χ1n) is 15.2. The molecule has 0 radical (unpaired) electrons. The van der Waals surface area contributed by atoms with E-state index in [4.69, 9.17) is 9.47 Å². The second-order valence-electron chi connectivity index (χ2n) is 11.4. The maximum Gasteiger partial charge on any atom is 0.368 e. The second-order valence-corrected chi connectivity index (χ2v) is 11.4. The first-order chi connectivity index (χ1) is 18.4. The van der Waals surface area contributed by atoms with Gasteiger partial charge < -0.3 is 14.0 Å². The number of para-hydroxylation sites is 1. The van der Waals surface area contributed by atoms with Gasteiger partial charge in [0.15, 0.2) is 6.04 Å². The van der Waals surface area contributed by atoms with Crippen LogP contribution >= 0.6 is 0 Å². The normalized spacial score (nSPS) is 13.2. The van der Waals surface area contributed by atoms with Crippen molar-refractivity contribution >= 4 is 5.97 Å². The Labute approximate surface area is 233 Å². The standard InChI is InChI=1S/C34H54NO3/c1-6-8-9-10-11-12-13-14-15-19-25-31-26-20-21-27-33(31)37-29(3)38-34(36)32(22-7-2)35(4,5)28-30-23-17-16-18-24-30/h16-18,20-21,23-24,26-27,29,32H,6-15,19,22,25,28H2,1-5H3/q+1. The van der Waals surface area contributed by atoms with E-state index in [0.29, 0.717) is 4.48 Å². The van der Waals surface area contributed by atoms with Gasteiger partial charge in [-0.1, -0.05) is 120 Å². The molecule has 0 amide bonds. The quantitative estimate of drug-likeness (QED) is 0.0751. The van der Waals surface area contributed by atoms with Gasteiger partial charge in [-0.25, -0.2) is 4.79 Å². The van der Waals surface area contributed by atoms with Gasteiger partial charge in [0.1, 0.15) is 12.3 Å². The molecule has 0 saturated heterocycles. The lowest BCUT2D eigenvalue weighted by Gasteiger charge is -2.37. The Kier molecular flexibility index (Phi) is 15.1. The van der Waals surface area contributed by atoms with Gasteiger partial charge in [0.25, 0.3) is 0 Å². The molecule has 2 aromatic carbocycles. The molecule has 0 aliphatic heterocycles. The highest BCUT2D eigenvalue weighted by atomic mass is 16.7. The summed E-state index contributed by atoms with van der Waals surface area (Å²) in [5.41, 5.74) is 2.41. The largest absolute Gasteiger partial charge is 0.455 e. The summed E-state index contributed by atoms with van der Waals surface area (Å²) < 4.78 is 12.6. The minimum Gasteiger partial charge on any atom is -0.455 e. The molecule has 0 aliphatic rings. The average molecular weight is 525 g/mol. The molecular formula is C34H54NO3+. The molecule has 0 aliphatic carbocycles. The molecule has 0 N–H and O–H groups in total. The zero-order chi connectivity index (χ0) is 27.6. The number of rotatable bonds is 20. The van der Waals surface area contributed by atoms with E-state index in [-0.39, 0.29) is 12.0 Å². The Balaban J connectivity index is 1.83. The van der Waals surface area contributed by atoms with Gasteiger partial charge in [-0.2, -0.15) is 0 Å². The first-order valence-corrected chi connectivity index (χ1v) is 15.2. The molecule has 2 aromatic rings. The first kappa shape index (κ1) is 31.9. The van der Waals surface area contributed by atoms with Crippen LogP contribution in [0.4, 0.5) is 0 Å². The third-order valence-electron chi connectivity index (χ3n) is 7.46. The Morgan fingerprint density at radius 1 is 0.763 bits per heavy atom. The van der Waals surface area contributed by atoms with E-state index in [2.05, 4.69) is 52.2 Å². The number of esters is 1. The number of unbranched alkanes of at least 4 members (excludes halogenated alkanes) is 9. The number of ether oxygens (including phenoxy) is 2. The third kappa shape index (κ3) is 12.0. The molecule has 2 unspecified atom stereocenters. The maximum atomic E-state index is 13.3. The van der Waals surface area contributed by atoms with E-state index < -0.39 is 6.29 Å². The summed E-state index contributed by atoms with van der Waals surface area (Å²) in [6, 6.07) is 18.3. The van der Waals surface area contributed by atoms with Crippen LogP contribution in [0.3, 0.4) is 0 Å². The highest BCUT2D eigenvalue weighted by Gasteiger charge is 2.36. The summed E-state index contributed by atoms with van der Waals surface area (Å²) >= 11 is 0. The van der Waals surface area contributed by atoms with Crippen LogP contribution in [-0.4, -0.2) is 36.9 Å². The average Bonchev–Trinajstić information content (AvgIpc) is 2.89. The van der Waals surface area contributed by atoms with Crippen LogP contribution in [0.25, 0.3) is 0 Å². The SMILES string of the molecule is CCCCCCCCCCCCc1ccccc1OC(C)OC(=O)C(CCC)[N+](C)(C)Cc1ccccc1. The van der Waals surface area contributed by atoms with Gasteiger partial charge in [-0.05, 0) is 30.9 Å².